The van der Waals surface area contributed by atoms with Crippen LogP contribution < -0.4 is 14.4 Å². The summed E-state index contributed by atoms with van der Waals surface area (Å²) in [7, 11) is -0.498. The van der Waals surface area contributed by atoms with Gasteiger partial charge in [0.2, 0.25) is 21.8 Å². The number of halogens is 1. The van der Waals surface area contributed by atoms with Crippen molar-refractivity contribution in [3.63, 3.8) is 0 Å². The van der Waals surface area contributed by atoms with Gasteiger partial charge in [-0.3, -0.25) is 13.9 Å². The minimum Gasteiger partial charge on any atom is -0.497 e. The molecular formula is C24H32ClN3O5S. The van der Waals surface area contributed by atoms with Crippen LogP contribution in [0.15, 0.2) is 42.5 Å². The van der Waals surface area contributed by atoms with Crippen LogP contribution in [0.4, 0.5) is 5.69 Å². The number of likely N-dealkylation sites (N-methyl/N-ethyl adjacent to an activating group) is 1. The summed E-state index contributed by atoms with van der Waals surface area (Å²) >= 11 is 6.18. The molecule has 1 N–H and O–H groups in total. The normalized spacial score (nSPS) is 12.1. The summed E-state index contributed by atoms with van der Waals surface area (Å²) in [5.41, 5.74) is 1.98. The molecule has 0 fully saturated rings. The SMILES string of the molecule is CNC(=O)C(C)N(Cc1ccc(OC)cc1)C(=O)CCCN(c1cccc(Cl)c1C)S(C)(=O)=O. The highest BCUT2D eigenvalue weighted by atomic mass is 35.5. The van der Waals surface area contributed by atoms with Crippen molar-refractivity contribution in [2.24, 2.45) is 0 Å². The summed E-state index contributed by atoms with van der Waals surface area (Å²) in [6.45, 7) is 3.76. The van der Waals surface area contributed by atoms with Crippen LogP contribution in [0.5, 0.6) is 5.75 Å². The van der Waals surface area contributed by atoms with Crippen molar-refractivity contribution in [2.75, 3.05) is 31.3 Å². The van der Waals surface area contributed by atoms with E-state index in [9.17, 15) is 18.0 Å². The van der Waals surface area contributed by atoms with Crippen LogP contribution in [0.1, 0.15) is 30.9 Å². The third-order valence-corrected chi connectivity index (χ3v) is 7.18. The Balaban J connectivity index is 2.17. The van der Waals surface area contributed by atoms with Crippen LogP contribution in [0.3, 0.4) is 0 Å². The first-order valence-electron chi connectivity index (χ1n) is 10.9. The van der Waals surface area contributed by atoms with Crippen molar-refractivity contribution < 1.29 is 22.7 Å². The van der Waals surface area contributed by atoms with Gasteiger partial charge in [0, 0.05) is 31.6 Å². The number of ether oxygens (including phenoxy) is 1. The Hall–Kier alpha value is -2.78. The molecule has 0 aromatic heterocycles. The highest BCUT2D eigenvalue weighted by Crippen LogP contribution is 2.28. The smallest absolute Gasteiger partial charge is 0.242 e. The van der Waals surface area contributed by atoms with Crippen LogP contribution >= 0.6 is 11.6 Å². The monoisotopic (exact) mass is 509 g/mol. The van der Waals surface area contributed by atoms with E-state index in [1.165, 1.54) is 16.3 Å². The van der Waals surface area contributed by atoms with Gasteiger partial charge in [-0.05, 0) is 55.7 Å². The molecule has 0 aliphatic rings. The largest absolute Gasteiger partial charge is 0.497 e. The topological polar surface area (TPSA) is 96.0 Å². The minimum atomic E-state index is -3.59. The van der Waals surface area contributed by atoms with Crippen LogP contribution in [-0.4, -0.2) is 58.1 Å². The summed E-state index contributed by atoms with van der Waals surface area (Å²) in [6.07, 6.45) is 1.47. The van der Waals surface area contributed by atoms with Crippen LogP contribution in [-0.2, 0) is 26.2 Å². The number of anilines is 1. The van der Waals surface area contributed by atoms with Crippen molar-refractivity contribution in [3.05, 3.63) is 58.6 Å². The molecule has 10 heteroatoms. The van der Waals surface area contributed by atoms with Gasteiger partial charge in [0.1, 0.15) is 11.8 Å². The average Bonchev–Trinajstić information content (AvgIpc) is 2.81. The number of hydrogen-bond donors (Lipinski definition) is 1. The number of hydrogen-bond acceptors (Lipinski definition) is 5. The van der Waals surface area contributed by atoms with Gasteiger partial charge in [0.15, 0.2) is 0 Å². The van der Waals surface area contributed by atoms with E-state index in [1.807, 2.05) is 12.1 Å². The number of nitrogens with zero attached hydrogens (tertiary/aromatic N) is 2. The van der Waals surface area contributed by atoms with Crippen molar-refractivity contribution in [1.29, 1.82) is 0 Å². The van der Waals surface area contributed by atoms with Gasteiger partial charge in [-0.1, -0.05) is 29.8 Å². The first kappa shape index (κ1) is 27.5. The summed E-state index contributed by atoms with van der Waals surface area (Å²) in [4.78, 5) is 26.9. The Kier molecular flexibility index (Phi) is 9.76. The van der Waals surface area contributed by atoms with Gasteiger partial charge in [-0.15, -0.1) is 0 Å². The van der Waals surface area contributed by atoms with Crippen molar-refractivity contribution >= 4 is 39.1 Å². The molecule has 2 aromatic carbocycles. The van der Waals surface area contributed by atoms with Gasteiger partial charge in [-0.2, -0.15) is 0 Å². The van der Waals surface area contributed by atoms with Crippen LogP contribution in [0.2, 0.25) is 5.02 Å². The second-order valence-corrected chi connectivity index (χ2v) is 10.3. The molecule has 0 radical (unpaired) electrons. The van der Waals surface area contributed by atoms with Gasteiger partial charge in [-0.25, -0.2) is 8.42 Å². The molecule has 2 rings (SSSR count). The summed E-state index contributed by atoms with van der Waals surface area (Å²) in [5.74, 6) is 0.163. The number of sulfonamides is 1. The molecule has 0 saturated carbocycles. The fourth-order valence-electron chi connectivity index (χ4n) is 3.57. The fraction of sp³-hybridized carbons (Fsp3) is 0.417. The van der Waals surface area contributed by atoms with Crippen molar-refractivity contribution in [2.45, 2.75) is 39.3 Å². The first-order valence-corrected chi connectivity index (χ1v) is 13.1. The molecular weight excluding hydrogens is 478 g/mol. The zero-order chi connectivity index (χ0) is 25.5. The molecule has 0 aliphatic heterocycles. The Labute approximate surface area is 206 Å². The molecule has 2 amide bonds. The predicted octanol–water partition coefficient (Wildman–Crippen LogP) is 3.37. The van der Waals surface area contributed by atoms with E-state index in [-0.39, 0.29) is 37.7 Å². The molecule has 1 unspecified atom stereocenters. The van der Waals surface area contributed by atoms with E-state index in [0.29, 0.717) is 22.0 Å². The minimum absolute atomic E-state index is 0.0725. The second-order valence-electron chi connectivity index (χ2n) is 7.98. The van der Waals surface area contributed by atoms with Gasteiger partial charge in [0.25, 0.3) is 0 Å². The maximum atomic E-state index is 13.2. The standard InChI is InChI=1S/C24H32ClN3O5S/c1-17-21(25)8-6-9-22(17)28(34(5,31)32)15-7-10-23(29)27(18(2)24(30)26-3)16-19-11-13-20(33-4)14-12-19/h6,8-9,11-14,18H,7,10,15-16H2,1-5H3,(H,26,30). The van der Waals surface area contributed by atoms with Crippen LogP contribution in [0, 0.1) is 6.92 Å². The molecule has 0 aliphatic carbocycles. The second kappa shape index (κ2) is 12.1. The van der Waals surface area contributed by atoms with E-state index in [0.717, 1.165) is 11.8 Å². The van der Waals surface area contributed by atoms with E-state index < -0.39 is 16.1 Å². The van der Waals surface area contributed by atoms with Gasteiger partial charge >= 0.3 is 0 Å². The van der Waals surface area contributed by atoms with E-state index >= 15 is 0 Å². The number of benzene rings is 2. The number of methoxy groups -OCH3 is 1. The third kappa shape index (κ3) is 7.11. The Bertz CT molecular complexity index is 1110. The van der Waals surface area contributed by atoms with Crippen molar-refractivity contribution in [1.82, 2.24) is 10.2 Å². The van der Waals surface area contributed by atoms with Gasteiger partial charge in [0.05, 0.1) is 19.1 Å². The number of carbonyl (C=O) groups is 2. The summed E-state index contributed by atoms with van der Waals surface area (Å²) in [5, 5.41) is 3.04. The molecule has 0 bridgehead atoms. The molecule has 186 valence electrons. The van der Waals surface area contributed by atoms with E-state index in [2.05, 4.69) is 5.32 Å². The lowest BCUT2D eigenvalue weighted by Gasteiger charge is -2.29. The molecule has 0 heterocycles. The number of carbonyl (C=O) groups excluding carboxylic acids is 2. The number of amides is 2. The lowest BCUT2D eigenvalue weighted by atomic mass is 10.1. The highest BCUT2D eigenvalue weighted by molar-refractivity contribution is 7.92. The quantitative estimate of drug-likeness (QED) is 0.501. The first-order chi connectivity index (χ1) is 16.0. The fourth-order valence-corrected chi connectivity index (χ4v) is 4.75. The number of nitrogens with one attached hydrogen (secondary N) is 1. The van der Waals surface area contributed by atoms with Gasteiger partial charge < -0.3 is 15.0 Å². The highest BCUT2D eigenvalue weighted by Gasteiger charge is 2.26. The lowest BCUT2D eigenvalue weighted by molar-refractivity contribution is -0.140. The molecule has 0 saturated heterocycles. The maximum Gasteiger partial charge on any atom is 0.242 e. The zero-order valence-electron chi connectivity index (χ0n) is 20.2. The molecule has 1 atom stereocenters. The maximum absolute atomic E-state index is 13.2. The summed E-state index contributed by atoms with van der Waals surface area (Å²) < 4.78 is 31.4. The van der Waals surface area contributed by atoms with Crippen molar-refractivity contribution in [3.8, 4) is 5.75 Å². The molecule has 2 aromatic rings. The summed E-state index contributed by atoms with van der Waals surface area (Å²) in [6, 6.07) is 11.6. The van der Waals surface area contributed by atoms with Crippen LogP contribution in [0.25, 0.3) is 0 Å². The van der Waals surface area contributed by atoms with E-state index in [1.54, 1.807) is 51.3 Å². The average molecular weight is 510 g/mol. The Morgan fingerprint density at radius 2 is 1.79 bits per heavy atom. The molecule has 8 nitrogen and oxygen atoms in total. The lowest BCUT2D eigenvalue weighted by Crippen LogP contribution is -2.46. The van der Waals surface area contributed by atoms with E-state index in [4.69, 9.17) is 16.3 Å². The predicted molar refractivity (Wildman–Crippen MR) is 135 cm³/mol. The third-order valence-electron chi connectivity index (χ3n) is 5.59. The molecule has 0 spiro atoms. The number of rotatable bonds is 11. The molecule has 34 heavy (non-hydrogen) atoms. The Morgan fingerprint density at radius 1 is 1.15 bits per heavy atom. The Morgan fingerprint density at radius 3 is 2.35 bits per heavy atom. The zero-order valence-corrected chi connectivity index (χ0v) is 21.7.